The molecule has 2 aromatic carbocycles. The largest absolute Gasteiger partial charge is 0.497 e. The Bertz CT molecular complexity index is 1150. The van der Waals surface area contributed by atoms with Crippen molar-refractivity contribution in [3.8, 4) is 17.6 Å². The molecule has 0 saturated carbocycles. The number of aromatic nitrogens is 2. The number of methoxy groups -OCH3 is 1. The van der Waals surface area contributed by atoms with Gasteiger partial charge in [-0.2, -0.15) is 13.2 Å². The van der Waals surface area contributed by atoms with Crippen LogP contribution in [-0.2, 0) is 13.2 Å². The Kier molecular flexibility index (Phi) is 7.05. The number of nitrogens with zero attached hydrogens (tertiary/aromatic N) is 2. The van der Waals surface area contributed by atoms with E-state index in [9.17, 15) is 18.0 Å². The molecule has 0 fully saturated rings. The number of ether oxygens (including phenoxy) is 1. The molecule has 0 aliphatic carbocycles. The van der Waals surface area contributed by atoms with Crippen molar-refractivity contribution < 1.29 is 22.7 Å². The predicted molar refractivity (Wildman–Crippen MR) is 113 cm³/mol. The van der Waals surface area contributed by atoms with Crippen LogP contribution >= 0.6 is 0 Å². The third-order valence-electron chi connectivity index (χ3n) is 4.58. The number of aryl methyl sites for hydroxylation is 1. The minimum absolute atomic E-state index is 0.0481. The highest BCUT2D eigenvalue weighted by molar-refractivity contribution is 5.75. The zero-order chi connectivity index (χ0) is 23.1. The highest BCUT2D eigenvalue weighted by atomic mass is 19.4. The number of carbonyl (C=O) groups excluding carboxylic acids is 1. The van der Waals surface area contributed by atoms with Crippen molar-refractivity contribution in [2.45, 2.75) is 12.2 Å². The third kappa shape index (κ3) is 5.82. The van der Waals surface area contributed by atoms with Gasteiger partial charge in [-0.25, -0.2) is 9.78 Å². The molecule has 6 nitrogen and oxygen atoms in total. The molecule has 32 heavy (non-hydrogen) atoms. The van der Waals surface area contributed by atoms with E-state index in [-0.39, 0.29) is 12.1 Å². The summed E-state index contributed by atoms with van der Waals surface area (Å²) in [5.41, 5.74) is 0.208. The molecule has 1 unspecified atom stereocenters. The first-order valence-electron chi connectivity index (χ1n) is 9.59. The van der Waals surface area contributed by atoms with E-state index >= 15 is 0 Å². The Morgan fingerprint density at radius 2 is 2.00 bits per heavy atom. The van der Waals surface area contributed by atoms with Crippen molar-refractivity contribution in [1.29, 1.82) is 0 Å². The third-order valence-corrected chi connectivity index (χ3v) is 4.58. The molecule has 9 heteroatoms. The normalized spacial score (nSPS) is 11.8. The molecule has 0 spiro atoms. The zero-order valence-electron chi connectivity index (χ0n) is 17.4. The molecule has 0 aliphatic heterocycles. The number of imidazole rings is 1. The van der Waals surface area contributed by atoms with E-state index in [0.29, 0.717) is 11.6 Å². The predicted octanol–water partition coefficient (Wildman–Crippen LogP) is 3.89. The zero-order valence-corrected chi connectivity index (χ0v) is 17.4. The second-order valence-corrected chi connectivity index (χ2v) is 6.81. The molecule has 1 atom stereocenters. The Morgan fingerprint density at radius 1 is 1.22 bits per heavy atom. The van der Waals surface area contributed by atoms with Crippen LogP contribution in [0.25, 0.3) is 0 Å². The molecule has 166 valence electrons. The highest BCUT2D eigenvalue weighted by Gasteiger charge is 2.30. The molecule has 1 heterocycles. The Morgan fingerprint density at radius 3 is 2.69 bits per heavy atom. The van der Waals surface area contributed by atoms with Gasteiger partial charge in [-0.3, -0.25) is 0 Å². The number of amides is 2. The number of halogens is 3. The molecule has 0 aliphatic rings. The van der Waals surface area contributed by atoms with Crippen LogP contribution in [0.15, 0.2) is 60.9 Å². The van der Waals surface area contributed by atoms with Crippen LogP contribution in [0.3, 0.4) is 0 Å². The summed E-state index contributed by atoms with van der Waals surface area (Å²) >= 11 is 0. The number of carbonyl (C=O) groups is 1. The maximum Gasteiger partial charge on any atom is 0.416 e. The van der Waals surface area contributed by atoms with Crippen LogP contribution < -0.4 is 15.4 Å². The summed E-state index contributed by atoms with van der Waals surface area (Å²) < 4.78 is 45.4. The van der Waals surface area contributed by atoms with Gasteiger partial charge in [0.2, 0.25) is 0 Å². The average molecular weight is 442 g/mol. The van der Waals surface area contributed by atoms with Gasteiger partial charge in [-0.15, -0.1) is 0 Å². The molecule has 0 bridgehead atoms. The number of rotatable bonds is 5. The van der Waals surface area contributed by atoms with E-state index in [4.69, 9.17) is 4.74 Å². The SMILES string of the molecule is COc1cccc(C(NC(=O)NCC#Cc2cccc(C(F)(F)F)c2)c2nccn2C)c1. The molecule has 3 rings (SSSR count). The maximum atomic E-state index is 12.8. The number of urea groups is 1. The average Bonchev–Trinajstić information content (AvgIpc) is 3.20. The van der Waals surface area contributed by atoms with Crippen molar-refractivity contribution in [1.82, 2.24) is 20.2 Å². The van der Waals surface area contributed by atoms with E-state index in [1.807, 2.05) is 19.2 Å². The number of hydrogen-bond donors (Lipinski definition) is 2. The summed E-state index contributed by atoms with van der Waals surface area (Å²) in [5, 5.41) is 5.44. The molecule has 1 aromatic heterocycles. The Balaban J connectivity index is 1.68. The molecular weight excluding hydrogens is 421 g/mol. The standard InChI is InChI=1S/C23H21F3N4O2/c1-30-13-12-27-21(30)20(17-8-4-10-19(15-17)32-2)29-22(31)28-11-5-7-16-6-3-9-18(14-16)23(24,25)26/h3-4,6,8-10,12-15,20H,11H2,1-2H3,(H2,28,29,31). The Labute approximate surface area is 183 Å². The number of alkyl halides is 3. The Hall–Kier alpha value is -3.93. The lowest BCUT2D eigenvalue weighted by atomic mass is 10.1. The molecule has 2 amide bonds. The minimum atomic E-state index is -4.43. The fourth-order valence-electron chi connectivity index (χ4n) is 3.00. The van der Waals surface area contributed by atoms with E-state index < -0.39 is 23.8 Å². The summed E-state index contributed by atoms with van der Waals surface area (Å²) in [6, 6.07) is 10.9. The number of nitrogens with one attached hydrogen (secondary N) is 2. The van der Waals surface area contributed by atoms with Crippen LogP contribution in [0.1, 0.15) is 28.6 Å². The number of benzene rings is 2. The second kappa shape index (κ2) is 9.92. The first kappa shape index (κ1) is 22.7. The van der Waals surface area contributed by atoms with E-state index in [1.54, 1.807) is 36.2 Å². The lowest BCUT2D eigenvalue weighted by Gasteiger charge is -2.19. The summed E-state index contributed by atoms with van der Waals surface area (Å²) in [4.78, 5) is 16.8. The van der Waals surface area contributed by atoms with Crippen LogP contribution in [0.2, 0.25) is 0 Å². The van der Waals surface area contributed by atoms with E-state index in [1.165, 1.54) is 12.1 Å². The minimum Gasteiger partial charge on any atom is -0.497 e. The van der Waals surface area contributed by atoms with Gasteiger partial charge < -0.3 is 19.9 Å². The summed E-state index contributed by atoms with van der Waals surface area (Å²) in [5.74, 6) is 6.53. The second-order valence-electron chi connectivity index (χ2n) is 6.81. The molecule has 0 radical (unpaired) electrons. The highest BCUT2D eigenvalue weighted by Crippen LogP contribution is 2.29. The molecule has 2 N–H and O–H groups in total. The van der Waals surface area contributed by atoms with Gasteiger partial charge in [0.1, 0.15) is 17.6 Å². The first-order valence-corrected chi connectivity index (χ1v) is 9.59. The summed E-state index contributed by atoms with van der Waals surface area (Å²) in [7, 11) is 3.37. The van der Waals surface area contributed by atoms with Crippen molar-refractivity contribution >= 4 is 6.03 Å². The first-order chi connectivity index (χ1) is 15.3. The van der Waals surface area contributed by atoms with E-state index in [0.717, 1.165) is 17.7 Å². The van der Waals surface area contributed by atoms with Gasteiger partial charge >= 0.3 is 12.2 Å². The quantitative estimate of drug-likeness (QED) is 0.590. The summed E-state index contributed by atoms with van der Waals surface area (Å²) in [6.45, 7) is -0.0481. The number of hydrogen-bond acceptors (Lipinski definition) is 3. The van der Waals surface area contributed by atoms with Gasteiger partial charge in [0.15, 0.2) is 0 Å². The van der Waals surface area contributed by atoms with Crippen molar-refractivity contribution in [3.05, 3.63) is 83.4 Å². The van der Waals surface area contributed by atoms with Crippen molar-refractivity contribution in [2.75, 3.05) is 13.7 Å². The van der Waals surface area contributed by atoms with Crippen LogP contribution in [-0.4, -0.2) is 29.2 Å². The fourth-order valence-corrected chi connectivity index (χ4v) is 3.00. The van der Waals surface area contributed by atoms with Crippen LogP contribution in [0, 0.1) is 11.8 Å². The van der Waals surface area contributed by atoms with Crippen molar-refractivity contribution in [2.24, 2.45) is 7.05 Å². The van der Waals surface area contributed by atoms with Gasteiger partial charge in [0.05, 0.1) is 19.2 Å². The van der Waals surface area contributed by atoms with E-state index in [2.05, 4.69) is 27.5 Å². The molecule has 3 aromatic rings. The van der Waals surface area contributed by atoms with Gasteiger partial charge in [0.25, 0.3) is 0 Å². The van der Waals surface area contributed by atoms with Gasteiger partial charge in [-0.1, -0.05) is 30.0 Å². The van der Waals surface area contributed by atoms with Gasteiger partial charge in [0, 0.05) is 25.0 Å². The lowest BCUT2D eigenvalue weighted by Crippen LogP contribution is -2.39. The fraction of sp³-hybridized carbons (Fsp3) is 0.217. The smallest absolute Gasteiger partial charge is 0.416 e. The van der Waals surface area contributed by atoms with Crippen LogP contribution in [0.5, 0.6) is 5.75 Å². The molecular formula is C23H21F3N4O2. The van der Waals surface area contributed by atoms with Gasteiger partial charge in [-0.05, 0) is 35.9 Å². The van der Waals surface area contributed by atoms with Crippen LogP contribution in [0.4, 0.5) is 18.0 Å². The summed E-state index contributed by atoms with van der Waals surface area (Å²) in [6.07, 6.45) is -1.04. The topological polar surface area (TPSA) is 68.2 Å². The molecule has 0 saturated heterocycles. The lowest BCUT2D eigenvalue weighted by molar-refractivity contribution is -0.137. The van der Waals surface area contributed by atoms with Crippen molar-refractivity contribution in [3.63, 3.8) is 0 Å². The monoisotopic (exact) mass is 442 g/mol. The maximum absolute atomic E-state index is 12.8.